The number of rotatable bonds is 11. The molecule has 1 aliphatic heterocycles. The molecule has 1 saturated heterocycles. The van der Waals surface area contributed by atoms with Crippen LogP contribution in [0, 0.1) is 5.41 Å². The number of carboxylic acid groups (broad SMARTS) is 1. The van der Waals surface area contributed by atoms with Gasteiger partial charge in [-0.15, -0.1) is 0 Å². The Hall–Kier alpha value is -3.18. The SMILES string of the molecule is CC(C)(C)CCCC(=O)O.CCCC(NC(=O)CCc1ccc(O)cc1)C(N)=O.NC(=O)C1COCCN1. The van der Waals surface area contributed by atoms with Gasteiger partial charge in [-0.05, 0) is 48.8 Å². The van der Waals surface area contributed by atoms with Crippen molar-refractivity contribution in [3.8, 4) is 5.75 Å². The highest BCUT2D eigenvalue weighted by atomic mass is 16.5. The van der Waals surface area contributed by atoms with Crippen LogP contribution in [0.5, 0.6) is 5.75 Å². The lowest BCUT2D eigenvalue weighted by Crippen LogP contribution is -2.49. The Morgan fingerprint density at radius 2 is 1.76 bits per heavy atom. The Morgan fingerprint density at radius 1 is 1.13 bits per heavy atom. The van der Waals surface area contributed by atoms with Gasteiger partial charge in [-0.25, -0.2) is 0 Å². The first-order chi connectivity index (χ1) is 17.7. The van der Waals surface area contributed by atoms with Crippen LogP contribution in [0.4, 0.5) is 0 Å². The molecule has 1 aromatic carbocycles. The molecule has 0 aliphatic carbocycles. The second-order valence-corrected chi connectivity index (χ2v) is 10.3. The number of nitrogens with one attached hydrogen (secondary N) is 2. The summed E-state index contributed by atoms with van der Waals surface area (Å²) >= 11 is 0. The van der Waals surface area contributed by atoms with Crippen molar-refractivity contribution >= 4 is 23.7 Å². The van der Waals surface area contributed by atoms with E-state index in [-0.39, 0.29) is 35.4 Å². The van der Waals surface area contributed by atoms with Crippen LogP contribution in [0.3, 0.4) is 0 Å². The number of phenolic OH excluding ortho intramolecular Hbond substituents is 1. The summed E-state index contributed by atoms with van der Waals surface area (Å²) < 4.78 is 4.98. The molecule has 1 aliphatic rings. The molecule has 8 N–H and O–H groups in total. The number of aryl methyl sites for hydroxylation is 1. The number of morpholine rings is 1. The lowest BCUT2D eigenvalue weighted by Gasteiger charge is -2.20. The van der Waals surface area contributed by atoms with Gasteiger partial charge >= 0.3 is 5.97 Å². The molecule has 2 unspecified atom stereocenters. The molecule has 0 aromatic heterocycles. The number of carbonyl (C=O) groups excluding carboxylic acids is 3. The minimum Gasteiger partial charge on any atom is -0.508 e. The van der Waals surface area contributed by atoms with Crippen molar-refractivity contribution in [3.05, 3.63) is 29.8 Å². The zero-order valence-corrected chi connectivity index (χ0v) is 23.1. The van der Waals surface area contributed by atoms with Crippen LogP contribution >= 0.6 is 0 Å². The van der Waals surface area contributed by atoms with Gasteiger partial charge in [-0.1, -0.05) is 46.2 Å². The number of nitrogens with two attached hydrogens (primary N) is 2. The highest BCUT2D eigenvalue weighted by Gasteiger charge is 2.18. The lowest BCUT2D eigenvalue weighted by atomic mass is 9.90. The van der Waals surface area contributed by atoms with E-state index < -0.39 is 17.9 Å². The van der Waals surface area contributed by atoms with E-state index in [1.807, 2.05) is 6.92 Å². The van der Waals surface area contributed by atoms with Crippen molar-refractivity contribution in [2.24, 2.45) is 16.9 Å². The topological polar surface area (TPSA) is 194 Å². The molecule has 1 heterocycles. The third-order valence-corrected chi connectivity index (χ3v) is 5.42. The molecule has 216 valence electrons. The van der Waals surface area contributed by atoms with Crippen molar-refractivity contribution in [2.45, 2.75) is 84.7 Å². The Kier molecular flexibility index (Phi) is 17.4. The number of aromatic hydroxyl groups is 1. The molecule has 11 nitrogen and oxygen atoms in total. The number of benzene rings is 1. The molecule has 2 rings (SSSR count). The van der Waals surface area contributed by atoms with Crippen molar-refractivity contribution in [1.29, 1.82) is 0 Å². The third kappa shape index (κ3) is 19.0. The predicted molar refractivity (Wildman–Crippen MR) is 145 cm³/mol. The Morgan fingerprint density at radius 3 is 2.18 bits per heavy atom. The molecule has 0 radical (unpaired) electrons. The standard InChI is InChI=1S/C14H20N2O3.C8H16O2.C5H10N2O2/c1-2-3-12(14(15)19)16-13(18)9-6-10-4-7-11(17)8-5-10;1-8(2,3)6-4-5-7(9)10;6-5(8)4-3-9-2-1-7-4/h4-5,7-8,12,17H,2-3,6,9H2,1H3,(H2,15,19)(H,16,18);4-6H2,1-3H3,(H,9,10);4,7H,1-3H2,(H2,6,8). The smallest absolute Gasteiger partial charge is 0.303 e. The van der Waals surface area contributed by atoms with E-state index in [4.69, 9.17) is 26.4 Å². The fourth-order valence-corrected chi connectivity index (χ4v) is 3.28. The number of carbonyl (C=O) groups is 4. The molecule has 1 fully saturated rings. The Bertz CT molecular complexity index is 848. The van der Waals surface area contributed by atoms with Crippen LogP contribution < -0.4 is 22.1 Å². The maximum Gasteiger partial charge on any atom is 0.303 e. The van der Waals surface area contributed by atoms with Crippen LogP contribution in [-0.2, 0) is 30.3 Å². The third-order valence-electron chi connectivity index (χ3n) is 5.42. The Labute approximate surface area is 225 Å². The largest absolute Gasteiger partial charge is 0.508 e. The van der Waals surface area contributed by atoms with E-state index in [9.17, 15) is 19.2 Å². The summed E-state index contributed by atoms with van der Waals surface area (Å²) in [6, 6.07) is 5.82. The number of hydrogen-bond acceptors (Lipinski definition) is 7. The van der Waals surface area contributed by atoms with Crippen LogP contribution in [0.15, 0.2) is 24.3 Å². The van der Waals surface area contributed by atoms with E-state index in [2.05, 4.69) is 31.4 Å². The van der Waals surface area contributed by atoms with Gasteiger partial charge < -0.3 is 37.1 Å². The van der Waals surface area contributed by atoms with Crippen LogP contribution in [0.2, 0.25) is 0 Å². The maximum absolute atomic E-state index is 11.7. The summed E-state index contributed by atoms with van der Waals surface area (Å²) in [5.74, 6) is -1.52. The molecule has 3 amide bonds. The highest BCUT2D eigenvalue weighted by molar-refractivity contribution is 5.86. The number of aliphatic carboxylic acids is 1. The first-order valence-electron chi connectivity index (χ1n) is 12.9. The van der Waals surface area contributed by atoms with Gasteiger partial charge in [0, 0.05) is 19.4 Å². The van der Waals surface area contributed by atoms with Gasteiger partial charge in [-0.2, -0.15) is 0 Å². The van der Waals surface area contributed by atoms with Crippen LogP contribution in [-0.4, -0.2) is 65.7 Å². The number of ether oxygens (including phenoxy) is 1. The van der Waals surface area contributed by atoms with E-state index in [0.717, 1.165) is 24.8 Å². The summed E-state index contributed by atoms with van der Waals surface area (Å²) in [4.78, 5) is 43.3. The van der Waals surface area contributed by atoms with E-state index >= 15 is 0 Å². The highest BCUT2D eigenvalue weighted by Crippen LogP contribution is 2.21. The predicted octanol–water partition coefficient (Wildman–Crippen LogP) is 1.84. The zero-order chi connectivity index (χ0) is 29.1. The monoisotopic (exact) mass is 538 g/mol. The van der Waals surface area contributed by atoms with Gasteiger partial charge in [0.2, 0.25) is 17.7 Å². The molecule has 1 aromatic rings. The molecular formula is C27H46N4O7. The zero-order valence-electron chi connectivity index (χ0n) is 23.1. The summed E-state index contributed by atoms with van der Waals surface area (Å²) in [5.41, 5.74) is 11.4. The van der Waals surface area contributed by atoms with Gasteiger partial charge in [0.1, 0.15) is 17.8 Å². The number of phenols is 1. The first-order valence-corrected chi connectivity index (χ1v) is 12.9. The summed E-state index contributed by atoms with van der Waals surface area (Å²) in [6.45, 7) is 10.1. The van der Waals surface area contributed by atoms with Gasteiger partial charge in [0.05, 0.1) is 13.2 Å². The molecule has 11 heteroatoms. The van der Waals surface area contributed by atoms with Crippen molar-refractivity contribution in [1.82, 2.24) is 10.6 Å². The summed E-state index contributed by atoms with van der Waals surface area (Å²) in [6.07, 6.45) is 4.27. The molecule has 0 bridgehead atoms. The first kappa shape index (κ1) is 34.8. The van der Waals surface area contributed by atoms with E-state index in [1.54, 1.807) is 24.3 Å². The number of primary amides is 2. The van der Waals surface area contributed by atoms with E-state index in [0.29, 0.717) is 39.0 Å². The fourth-order valence-electron chi connectivity index (χ4n) is 3.28. The molecule has 0 saturated carbocycles. The van der Waals surface area contributed by atoms with Crippen molar-refractivity contribution in [3.63, 3.8) is 0 Å². The van der Waals surface area contributed by atoms with Crippen LogP contribution in [0.1, 0.15) is 71.8 Å². The van der Waals surface area contributed by atoms with E-state index in [1.165, 1.54) is 0 Å². The van der Waals surface area contributed by atoms with Gasteiger partial charge in [-0.3, -0.25) is 19.2 Å². The average molecular weight is 539 g/mol. The lowest BCUT2D eigenvalue weighted by molar-refractivity contribution is -0.137. The second kappa shape index (κ2) is 19.0. The summed E-state index contributed by atoms with van der Waals surface area (Å²) in [5, 5.41) is 23.0. The fraction of sp³-hybridized carbons (Fsp3) is 0.630. The second-order valence-electron chi connectivity index (χ2n) is 10.3. The normalized spacial score (nSPS) is 15.5. The maximum atomic E-state index is 11.7. The Balaban J connectivity index is 0.000000604. The van der Waals surface area contributed by atoms with Gasteiger partial charge in [0.25, 0.3) is 0 Å². The minimum atomic E-state index is -0.691. The molecular weight excluding hydrogens is 492 g/mol. The molecule has 0 spiro atoms. The van der Waals surface area contributed by atoms with Crippen molar-refractivity contribution < 1.29 is 34.1 Å². The van der Waals surface area contributed by atoms with Gasteiger partial charge in [0.15, 0.2) is 0 Å². The quantitative estimate of drug-likeness (QED) is 0.245. The number of carboxylic acids is 1. The van der Waals surface area contributed by atoms with Crippen LogP contribution in [0.25, 0.3) is 0 Å². The minimum absolute atomic E-state index is 0.190. The number of hydrogen-bond donors (Lipinski definition) is 6. The number of amides is 3. The molecule has 38 heavy (non-hydrogen) atoms. The average Bonchev–Trinajstić information content (AvgIpc) is 2.83. The summed E-state index contributed by atoms with van der Waals surface area (Å²) in [7, 11) is 0. The van der Waals surface area contributed by atoms with Crippen molar-refractivity contribution in [2.75, 3.05) is 19.8 Å². The molecule has 2 atom stereocenters.